The fraction of sp³-hybridized carbons (Fsp3) is 0.0833. The van der Waals surface area contributed by atoms with Crippen molar-refractivity contribution in [3.8, 4) is 0 Å². The van der Waals surface area contributed by atoms with Crippen molar-refractivity contribution in [3.63, 3.8) is 0 Å². The molecule has 0 aromatic heterocycles. The maximum Gasteiger partial charge on any atom is 0.217 e. The lowest BCUT2D eigenvalue weighted by atomic mass is 10.1. The molecular weight excluding hydrogens is 236 g/mol. The van der Waals surface area contributed by atoms with Crippen LogP contribution in [0.25, 0.3) is 0 Å². The minimum Gasteiger partial charge on any atom is -0.280 e. The molecule has 0 saturated heterocycles. The minimum absolute atomic E-state index is 0.371. The molecule has 0 heterocycles. The molecule has 0 aliphatic heterocycles. The molecule has 5 heteroatoms. The Labute approximate surface area is 101 Å². The van der Waals surface area contributed by atoms with Crippen LogP contribution in [0.3, 0.4) is 0 Å². The van der Waals surface area contributed by atoms with Gasteiger partial charge < -0.3 is 0 Å². The van der Waals surface area contributed by atoms with E-state index in [0.29, 0.717) is 11.3 Å². The van der Waals surface area contributed by atoms with E-state index in [-0.39, 0.29) is 0 Å². The van der Waals surface area contributed by atoms with Gasteiger partial charge in [-0.05, 0) is 24.3 Å². The standard InChI is InChI=1S/C12H12N2O2S/c13-14(10-4-2-1-3-5-10)11-6-8-12(9-7-11)17(15)16/h1-8H,9,13H2. The lowest BCUT2D eigenvalue weighted by molar-refractivity contribution is 0.627. The van der Waals surface area contributed by atoms with Crippen LogP contribution >= 0.6 is 0 Å². The molecule has 1 aromatic carbocycles. The molecule has 0 fully saturated rings. The SMILES string of the molecule is NN(C1=CCC(=S(=O)=O)C=C1)c1ccccc1. The van der Waals surface area contributed by atoms with E-state index < -0.39 is 10.3 Å². The van der Waals surface area contributed by atoms with Gasteiger partial charge in [0.1, 0.15) is 0 Å². The smallest absolute Gasteiger partial charge is 0.217 e. The van der Waals surface area contributed by atoms with Gasteiger partial charge in [-0.1, -0.05) is 24.3 Å². The minimum atomic E-state index is -2.15. The lowest BCUT2D eigenvalue weighted by Gasteiger charge is -2.21. The van der Waals surface area contributed by atoms with E-state index >= 15 is 0 Å². The van der Waals surface area contributed by atoms with Crippen molar-refractivity contribution < 1.29 is 8.42 Å². The Kier molecular flexibility index (Phi) is 3.41. The number of hydrogen-bond donors (Lipinski definition) is 1. The zero-order chi connectivity index (χ0) is 12.3. The molecule has 1 aliphatic rings. The molecule has 1 aromatic rings. The van der Waals surface area contributed by atoms with Gasteiger partial charge in [0.15, 0.2) is 0 Å². The first-order valence-corrected chi connectivity index (χ1v) is 6.19. The second kappa shape index (κ2) is 4.99. The van der Waals surface area contributed by atoms with Gasteiger partial charge in [0, 0.05) is 6.42 Å². The van der Waals surface area contributed by atoms with Gasteiger partial charge >= 0.3 is 0 Å². The molecule has 2 N–H and O–H groups in total. The maximum atomic E-state index is 10.7. The second-order valence-electron chi connectivity index (χ2n) is 3.57. The van der Waals surface area contributed by atoms with Crippen molar-refractivity contribution >= 4 is 20.8 Å². The summed E-state index contributed by atoms with van der Waals surface area (Å²) >= 11 is 0. The maximum absolute atomic E-state index is 10.7. The number of benzene rings is 1. The lowest BCUT2D eigenvalue weighted by Crippen LogP contribution is -2.30. The summed E-state index contributed by atoms with van der Waals surface area (Å²) in [7, 11) is -2.15. The van der Waals surface area contributed by atoms with Crippen molar-refractivity contribution in [2.45, 2.75) is 6.42 Å². The van der Waals surface area contributed by atoms with Gasteiger partial charge in [0.25, 0.3) is 0 Å². The highest BCUT2D eigenvalue weighted by Gasteiger charge is 2.09. The quantitative estimate of drug-likeness (QED) is 0.486. The topological polar surface area (TPSA) is 63.4 Å². The predicted molar refractivity (Wildman–Crippen MR) is 68.9 cm³/mol. The average Bonchev–Trinajstić information content (AvgIpc) is 2.39. The zero-order valence-electron chi connectivity index (χ0n) is 9.08. The van der Waals surface area contributed by atoms with Crippen molar-refractivity contribution in [1.29, 1.82) is 0 Å². The Bertz CT molecular complexity index is 593. The van der Waals surface area contributed by atoms with Crippen LogP contribution in [0.5, 0.6) is 0 Å². The highest BCUT2D eigenvalue weighted by atomic mass is 32.2. The summed E-state index contributed by atoms with van der Waals surface area (Å²) in [5, 5.41) is 1.53. The molecule has 0 radical (unpaired) electrons. The summed E-state index contributed by atoms with van der Waals surface area (Å²) in [6, 6.07) is 9.48. The third-order valence-electron chi connectivity index (χ3n) is 2.48. The number of hydrazine groups is 1. The number of rotatable bonds is 2. The summed E-state index contributed by atoms with van der Waals surface area (Å²) in [5.74, 6) is 5.94. The number of para-hydroxylation sites is 1. The Morgan fingerprint density at radius 3 is 2.35 bits per heavy atom. The fourth-order valence-electron chi connectivity index (χ4n) is 1.56. The number of hydrogen-bond acceptors (Lipinski definition) is 4. The van der Waals surface area contributed by atoms with Gasteiger partial charge in [0.2, 0.25) is 10.3 Å². The molecule has 2 rings (SSSR count). The van der Waals surface area contributed by atoms with Gasteiger partial charge in [-0.15, -0.1) is 0 Å². The number of nitrogens with two attached hydrogens (primary N) is 1. The molecule has 1 aliphatic carbocycles. The largest absolute Gasteiger partial charge is 0.280 e. The summed E-state index contributed by atoms with van der Waals surface area (Å²) in [5.41, 5.74) is 1.64. The van der Waals surface area contributed by atoms with Crippen LogP contribution in [0, 0.1) is 0 Å². The highest BCUT2D eigenvalue weighted by Crippen LogP contribution is 2.18. The van der Waals surface area contributed by atoms with Crippen LogP contribution in [0.2, 0.25) is 0 Å². The highest BCUT2D eigenvalue weighted by molar-refractivity contribution is 7.73. The van der Waals surface area contributed by atoms with Crippen molar-refractivity contribution in [3.05, 3.63) is 54.3 Å². The van der Waals surface area contributed by atoms with Gasteiger partial charge in [-0.3, -0.25) is 5.01 Å². The Hall–Kier alpha value is -1.85. The Balaban J connectivity index is 2.23. The molecule has 0 bridgehead atoms. The first kappa shape index (κ1) is 11.6. The summed E-state index contributed by atoms with van der Waals surface area (Å²) in [6.45, 7) is 0. The normalized spacial score (nSPS) is 14.4. The summed E-state index contributed by atoms with van der Waals surface area (Å²) in [6.07, 6.45) is 5.43. The van der Waals surface area contributed by atoms with E-state index in [1.807, 2.05) is 30.3 Å². The number of nitrogens with zero attached hydrogens (tertiary/aromatic N) is 1. The van der Waals surface area contributed by atoms with Crippen molar-refractivity contribution in [1.82, 2.24) is 0 Å². The summed E-state index contributed by atoms with van der Waals surface area (Å²) in [4.78, 5) is 0.371. The molecule has 4 nitrogen and oxygen atoms in total. The van der Waals surface area contributed by atoms with Crippen molar-refractivity contribution in [2.75, 3.05) is 5.01 Å². The average molecular weight is 248 g/mol. The van der Waals surface area contributed by atoms with Crippen LogP contribution in [0.15, 0.2) is 54.3 Å². The number of anilines is 1. The molecule has 17 heavy (non-hydrogen) atoms. The molecule has 0 amide bonds. The molecule has 0 atom stereocenters. The van der Waals surface area contributed by atoms with Crippen LogP contribution in [0.1, 0.15) is 6.42 Å². The van der Waals surface area contributed by atoms with E-state index in [4.69, 9.17) is 5.84 Å². The van der Waals surface area contributed by atoms with Crippen LogP contribution in [-0.4, -0.2) is 13.3 Å². The van der Waals surface area contributed by atoms with Gasteiger partial charge in [0.05, 0.1) is 16.2 Å². The molecule has 88 valence electrons. The van der Waals surface area contributed by atoms with Crippen LogP contribution in [-0.2, 0) is 10.3 Å². The summed E-state index contributed by atoms with van der Waals surface area (Å²) < 4.78 is 21.5. The third kappa shape index (κ3) is 2.64. The molecule has 0 unspecified atom stereocenters. The van der Waals surface area contributed by atoms with Gasteiger partial charge in [-0.2, -0.15) is 8.42 Å². The Morgan fingerprint density at radius 2 is 1.82 bits per heavy atom. The first-order valence-electron chi connectivity index (χ1n) is 5.11. The second-order valence-corrected chi connectivity index (χ2v) is 4.57. The zero-order valence-corrected chi connectivity index (χ0v) is 9.89. The van der Waals surface area contributed by atoms with E-state index in [9.17, 15) is 8.42 Å². The van der Waals surface area contributed by atoms with Gasteiger partial charge in [-0.25, -0.2) is 5.84 Å². The van der Waals surface area contributed by atoms with E-state index in [2.05, 4.69) is 0 Å². The molecule has 0 spiro atoms. The van der Waals surface area contributed by atoms with Crippen molar-refractivity contribution in [2.24, 2.45) is 5.84 Å². The monoisotopic (exact) mass is 248 g/mol. The van der Waals surface area contributed by atoms with E-state index in [1.165, 1.54) is 5.01 Å². The predicted octanol–water partition coefficient (Wildman–Crippen LogP) is 1.26. The third-order valence-corrected chi connectivity index (χ3v) is 3.21. The number of allylic oxidation sites excluding steroid dienone is 3. The first-order chi connectivity index (χ1) is 8.18. The van der Waals surface area contributed by atoms with E-state index in [0.717, 1.165) is 11.4 Å². The Morgan fingerprint density at radius 1 is 1.12 bits per heavy atom. The fourth-order valence-corrected chi connectivity index (χ4v) is 1.96. The molecule has 0 saturated carbocycles. The molecular formula is C12H12N2O2S. The van der Waals surface area contributed by atoms with Crippen LogP contribution < -0.4 is 10.9 Å². The van der Waals surface area contributed by atoms with Crippen LogP contribution in [0.4, 0.5) is 5.69 Å². The van der Waals surface area contributed by atoms with E-state index in [1.54, 1.807) is 18.2 Å².